The monoisotopic (exact) mass is 276 g/mol. The van der Waals surface area contributed by atoms with Gasteiger partial charge in [0.25, 0.3) is 0 Å². The lowest BCUT2D eigenvalue weighted by molar-refractivity contribution is 0.316. The lowest BCUT2D eigenvalue weighted by Crippen LogP contribution is -2.02. The summed E-state index contributed by atoms with van der Waals surface area (Å²) >= 11 is 0. The molecule has 1 heterocycles. The van der Waals surface area contributed by atoms with Crippen LogP contribution in [-0.2, 0) is 0 Å². The molecule has 2 rings (SSSR count). The minimum atomic E-state index is 0.0368. The van der Waals surface area contributed by atoms with Crippen molar-refractivity contribution in [2.45, 2.75) is 13.3 Å². The van der Waals surface area contributed by atoms with Gasteiger partial charge in [0.1, 0.15) is 11.5 Å². The van der Waals surface area contributed by atoms with Crippen LogP contribution in [0.3, 0.4) is 0 Å². The molecular weight excluding hydrogens is 260 g/mol. The van der Waals surface area contributed by atoms with Crippen molar-refractivity contribution in [1.82, 2.24) is 15.0 Å². The number of nitrogen functional groups attached to an aromatic ring is 1. The molecule has 2 aromatic rings. The van der Waals surface area contributed by atoms with Gasteiger partial charge in [0.2, 0.25) is 5.95 Å². The number of ether oxygens (including phenoxy) is 3. The summed E-state index contributed by atoms with van der Waals surface area (Å²) in [5.74, 6) is 1.39. The van der Waals surface area contributed by atoms with Crippen molar-refractivity contribution in [2.75, 3.05) is 19.5 Å². The lowest BCUT2D eigenvalue weighted by atomic mass is 10.3. The molecule has 2 N–H and O–H groups in total. The number of nitrogens with zero attached hydrogens (tertiary/aromatic N) is 3. The third-order valence-electron chi connectivity index (χ3n) is 2.30. The number of hydrogen-bond donors (Lipinski definition) is 1. The van der Waals surface area contributed by atoms with Gasteiger partial charge in [-0.25, -0.2) is 0 Å². The Kier molecular flexibility index (Phi) is 4.54. The predicted octanol–water partition coefficient (Wildman–Crippen LogP) is 2.04. The summed E-state index contributed by atoms with van der Waals surface area (Å²) in [7, 11) is 1.44. The highest BCUT2D eigenvalue weighted by atomic mass is 16.5. The molecule has 0 bridgehead atoms. The summed E-state index contributed by atoms with van der Waals surface area (Å²) in [6.07, 6.45) is 0.960. The third-order valence-corrected chi connectivity index (χ3v) is 2.30. The number of nitrogens with two attached hydrogens (primary N) is 1. The van der Waals surface area contributed by atoms with E-state index in [2.05, 4.69) is 21.9 Å². The second kappa shape index (κ2) is 6.55. The van der Waals surface area contributed by atoms with Gasteiger partial charge in [-0.1, -0.05) is 6.92 Å². The summed E-state index contributed by atoms with van der Waals surface area (Å²) in [5.41, 5.74) is 5.53. The van der Waals surface area contributed by atoms with E-state index in [1.165, 1.54) is 7.11 Å². The molecule has 0 unspecified atom stereocenters. The van der Waals surface area contributed by atoms with Crippen molar-refractivity contribution in [1.29, 1.82) is 0 Å². The molecule has 20 heavy (non-hydrogen) atoms. The molecule has 0 spiro atoms. The molecule has 0 fully saturated rings. The highest BCUT2D eigenvalue weighted by Crippen LogP contribution is 2.22. The molecule has 106 valence electrons. The van der Waals surface area contributed by atoms with Gasteiger partial charge in [-0.2, -0.15) is 9.97 Å². The van der Waals surface area contributed by atoms with Crippen molar-refractivity contribution < 1.29 is 14.2 Å². The van der Waals surface area contributed by atoms with E-state index in [9.17, 15) is 0 Å². The van der Waals surface area contributed by atoms with E-state index in [-0.39, 0.29) is 18.0 Å². The first-order chi connectivity index (χ1) is 9.71. The summed E-state index contributed by atoms with van der Waals surface area (Å²) in [6.45, 7) is 2.73. The van der Waals surface area contributed by atoms with Crippen LogP contribution in [0.25, 0.3) is 0 Å². The van der Waals surface area contributed by atoms with Gasteiger partial charge >= 0.3 is 12.0 Å². The molecule has 0 aliphatic heterocycles. The van der Waals surface area contributed by atoms with E-state index in [0.29, 0.717) is 12.4 Å². The summed E-state index contributed by atoms with van der Waals surface area (Å²) in [5, 5.41) is 0. The van der Waals surface area contributed by atoms with Gasteiger partial charge in [-0.15, -0.1) is 4.98 Å². The summed E-state index contributed by atoms with van der Waals surface area (Å²) < 4.78 is 15.9. The average molecular weight is 276 g/mol. The van der Waals surface area contributed by atoms with E-state index < -0.39 is 0 Å². The van der Waals surface area contributed by atoms with Crippen molar-refractivity contribution in [2.24, 2.45) is 0 Å². The summed E-state index contributed by atoms with van der Waals surface area (Å²) in [6, 6.07) is 7.33. The van der Waals surface area contributed by atoms with Crippen LogP contribution < -0.4 is 19.9 Å². The van der Waals surface area contributed by atoms with Gasteiger partial charge in [-0.3, -0.25) is 0 Å². The highest BCUT2D eigenvalue weighted by molar-refractivity contribution is 5.33. The van der Waals surface area contributed by atoms with E-state index in [4.69, 9.17) is 19.9 Å². The molecule has 0 radical (unpaired) electrons. The normalized spacial score (nSPS) is 10.1. The van der Waals surface area contributed by atoms with Gasteiger partial charge in [0, 0.05) is 0 Å². The van der Waals surface area contributed by atoms with Gasteiger partial charge in [-0.05, 0) is 30.7 Å². The van der Waals surface area contributed by atoms with Crippen LogP contribution in [0.5, 0.6) is 23.5 Å². The first-order valence-electron chi connectivity index (χ1n) is 6.17. The zero-order valence-corrected chi connectivity index (χ0v) is 11.4. The lowest BCUT2D eigenvalue weighted by Gasteiger charge is -2.07. The Bertz CT molecular complexity index is 560. The minimum Gasteiger partial charge on any atom is -0.494 e. The van der Waals surface area contributed by atoms with Crippen molar-refractivity contribution in [3.63, 3.8) is 0 Å². The maximum atomic E-state index is 5.53. The maximum Gasteiger partial charge on any atom is 0.330 e. The first kappa shape index (κ1) is 13.9. The Morgan fingerprint density at radius 1 is 1.00 bits per heavy atom. The second-order valence-electron chi connectivity index (χ2n) is 3.88. The molecule has 1 aromatic heterocycles. The fourth-order valence-electron chi connectivity index (χ4n) is 1.42. The molecule has 0 saturated carbocycles. The van der Waals surface area contributed by atoms with Crippen LogP contribution >= 0.6 is 0 Å². The number of benzene rings is 1. The SMILES string of the molecule is CCCOc1ccc(Oc2nc(N)nc(OC)n2)cc1. The molecule has 0 atom stereocenters. The van der Waals surface area contributed by atoms with Crippen LogP contribution in [0.2, 0.25) is 0 Å². The molecule has 1 aromatic carbocycles. The van der Waals surface area contributed by atoms with E-state index >= 15 is 0 Å². The van der Waals surface area contributed by atoms with Crippen molar-refractivity contribution in [3.05, 3.63) is 24.3 Å². The topological polar surface area (TPSA) is 92.4 Å². The molecule has 0 aliphatic rings. The number of aromatic nitrogens is 3. The Morgan fingerprint density at radius 2 is 1.65 bits per heavy atom. The molecule has 0 saturated heterocycles. The number of anilines is 1. The molecule has 0 amide bonds. The van der Waals surface area contributed by atoms with E-state index in [0.717, 1.165) is 12.2 Å². The van der Waals surface area contributed by atoms with Crippen LogP contribution in [0.4, 0.5) is 5.95 Å². The fourth-order valence-corrected chi connectivity index (χ4v) is 1.42. The van der Waals surface area contributed by atoms with Crippen molar-refractivity contribution >= 4 is 5.95 Å². The highest BCUT2D eigenvalue weighted by Gasteiger charge is 2.07. The maximum absolute atomic E-state index is 5.53. The van der Waals surface area contributed by atoms with Gasteiger partial charge in [0.05, 0.1) is 13.7 Å². The molecule has 7 nitrogen and oxygen atoms in total. The predicted molar refractivity (Wildman–Crippen MR) is 73.1 cm³/mol. The number of rotatable bonds is 6. The Balaban J connectivity index is 2.07. The van der Waals surface area contributed by atoms with E-state index in [1.54, 1.807) is 12.1 Å². The van der Waals surface area contributed by atoms with E-state index in [1.807, 2.05) is 12.1 Å². The van der Waals surface area contributed by atoms with Crippen LogP contribution in [0.15, 0.2) is 24.3 Å². The van der Waals surface area contributed by atoms with Crippen LogP contribution in [0, 0.1) is 0 Å². The Labute approximate surface area is 116 Å². The number of hydrogen-bond acceptors (Lipinski definition) is 7. The third kappa shape index (κ3) is 3.71. The Hall–Kier alpha value is -2.57. The number of methoxy groups -OCH3 is 1. The van der Waals surface area contributed by atoms with Gasteiger partial charge in [0.15, 0.2) is 0 Å². The Morgan fingerprint density at radius 3 is 2.30 bits per heavy atom. The summed E-state index contributed by atoms with van der Waals surface area (Å²) in [4.78, 5) is 11.6. The molecule has 0 aliphatic carbocycles. The second-order valence-corrected chi connectivity index (χ2v) is 3.88. The van der Waals surface area contributed by atoms with Crippen molar-refractivity contribution in [3.8, 4) is 23.5 Å². The smallest absolute Gasteiger partial charge is 0.330 e. The standard InChI is InChI=1S/C13H16N4O3/c1-3-8-19-9-4-6-10(7-5-9)20-13-16-11(14)15-12(17-13)18-2/h4-7H,3,8H2,1-2H3,(H2,14,15,16,17). The minimum absolute atomic E-state index is 0.0368. The van der Waals surface area contributed by atoms with Crippen LogP contribution in [0.1, 0.15) is 13.3 Å². The zero-order chi connectivity index (χ0) is 14.4. The molecular formula is C13H16N4O3. The van der Waals surface area contributed by atoms with Crippen LogP contribution in [-0.4, -0.2) is 28.7 Å². The van der Waals surface area contributed by atoms with Gasteiger partial charge < -0.3 is 19.9 Å². The average Bonchev–Trinajstić information content (AvgIpc) is 2.46. The quantitative estimate of drug-likeness (QED) is 0.862. The first-order valence-corrected chi connectivity index (χ1v) is 6.17. The zero-order valence-electron chi connectivity index (χ0n) is 11.4. The largest absolute Gasteiger partial charge is 0.494 e. The fraction of sp³-hybridized carbons (Fsp3) is 0.308. The molecule has 7 heteroatoms.